The Bertz CT molecular complexity index is 834. The molecular formula is C24H26FN. The molecule has 0 radical (unpaired) electrons. The molecule has 0 amide bonds. The number of aryl methyl sites for hydroxylation is 2. The van der Waals surface area contributed by atoms with Gasteiger partial charge in [0.15, 0.2) is 0 Å². The van der Waals surface area contributed by atoms with Crippen molar-refractivity contribution in [3.05, 3.63) is 76.6 Å². The summed E-state index contributed by atoms with van der Waals surface area (Å²) in [5, 5.41) is 0. The highest BCUT2D eigenvalue weighted by Crippen LogP contribution is 2.32. The highest BCUT2D eigenvalue weighted by molar-refractivity contribution is 5.64. The van der Waals surface area contributed by atoms with Crippen LogP contribution in [0.2, 0.25) is 0 Å². The molecule has 3 rings (SSSR count). The Morgan fingerprint density at radius 3 is 2.46 bits per heavy atom. The molecule has 2 aromatic rings. The zero-order valence-electron chi connectivity index (χ0n) is 15.7. The first-order chi connectivity index (χ1) is 12.5. The lowest BCUT2D eigenvalue weighted by Crippen LogP contribution is -2.31. The van der Waals surface area contributed by atoms with E-state index in [0.29, 0.717) is 11.5 Å². The van der Waals surface area contributed by atoms with Gasteiger partial charge < -0.3 is 4.90 Å². The Kier molecular flexibility index (Phi) is 5.47. The van der Waals surface area contributed by atoms with Gasteiger partial charge in [-0.2, -0.15) is 0 Å². The van der Waals surface area contributed by atoms with Crippen molar-refractivity contribution in [3.8, 4) is 12.3 Å². The summed E-state index contributed by atoms with van der Waals surface area (Å²) in [4.78, 5) is 2.22. The third kappa shape index (κ3) is 3.68. The maximum Gasteiger partial charge on any atom is 0.132 e. The van der Waals surface area contributed by atoms with Crippen LogP contribution < -0.4 is 0 Å². The minimum Gasteiger partial charge on any atom is -0.371 e. The molecule has 0 spiro atoms. The minimum atomic E-state index is -0.163. The molecule has 1 aliphatic heterocycles. The first kappa shape index (κ1) is 18.3. The number of nitrogens with zero attached hydrogens (tertiary/aromatic N) is 1. The second kappa shape index (κ2) is 7.79. The molecule has 2 heteroatoms. The van der Waals surface area contributed by atoms with Crippen molar-refractivity contribution >= 4 is 5.70 Å². The van der Waals surface area contributed by atoms with Gasteiger partial charge in [0.2, 0.25) is 0 Å². The van der Waals surface area contributed by atoms with Gasteiger partial charge >= 0.3 is 0 Å². The molecule has 0 aromatic heterocycles. The van der Waals surface area contributed by atoms with E-state index in [1.54, 1.807) is 6.07 Å². The number of terminal acetylenes is 1. The zero-order chi connectivity index (χ0) is 18.7. The van der Waals surface area contributed by atoms with Crippen molar-refractivity contribution in [3.63, 3.8) is 0 Å². The van der Waals surface area contributed by atoms with Crippen LogP contribution in [-0.2, 0) is 6.42 Å². The number of benzene rings is 2. The topological polar surface area (TPSA) is 3.24 Å². The number of hydrogen-bond acceptors (Lipinski definition) is 1. The number of hydrogen-bond donors (Lipinski definition) is 0. The molecule has 1 heterocycles. The normalized spacial score (nSPS) is 14.9. The average molecular weight is 347 g/mol. The first-order valence-corrected chi connectivity index (χ1v) is 9.33. The van der Waals surface area contributed by atoms with Crippen LogP contribution in [0, 0.1) is 25.1 Å². The van der Waals surface area contributed by atoms with Crippen molar-refractivity contribution in [2.24, 2.45) is 0 Å². The van der Waals surface area contributed by atoms with Crippen LogP contribution in [0.4, 0.5) is 4.39 Å². The van der Waals surface area contributed by atoms with Crippen LogP contribution >= 0.6 is 0 Å². The van der Waals surface area contributed by atoms with E-state index >= 15 is 0 Å². The lowest BCUT2D eigenvalue weighted by Gasteiger charge is -2.35. The summed E-state index contributed by atoms with van der Waals surface area (Å²) in [6, 6.07) is 11.9. The number of piperidine rings is 1. The molecule has 26 heavy (non-hydrogen) atoms. The van der Waals surface area contributed by atoms with Crippen molar-refractivity contribution in [2.45, 2.75) is 39.0 Å². The quantitative estimate of drug-likeness (QED) is 0.658. The van der Waals surface area contributed by atoms with E-state index in [1.165, 1.54) is 5.56 Å². The largest absolute Gasteiger partial charge is 0.371 e. The van der Waals surface area contributed by atoms with E-state index in [9.17, 15) is 4.39 Å². The lowest BCUT2D eigenvalue weighted by molar-refractivity contribution is 0.298. The Balaban J connectivity index is 1.68. The predicted octanol–water partition coefficient (Wildman–Crippen LogP) is 5.53. The molecule has 2 aromatic carbocycles. The highest BCUT2D eigenvalue weighted by Gasteiger charge is 2.23. The van der Waals surface area contributed by atoms with Gasteiger partial charge in [0.1, 0.15) is 5.82 Å². The zero-order valence-corrected chi connectivity index (χ0v) is 15.7. The molecule has 0 N–H and O–H groups in total. The monoisotopic (exact) mass is 347 g/mol. The van der Waals surface area contributed by atoms with Crippen molar-refractivity contribution in [1.29, 1.82) is 0 Å². The van der Waals surface area contributed by atoms with Gasteiger partial charge in [-0.3, -0.25) is 0 Å². The highest BCUT2D eigenvalue weighted by atomic mass is 19.1. The fourth-order valence-corrected chi connectivity index (χ4v) is 3.83. The lowest BCUT2D eigenvalue weighted by atomic mass is 9.88. The average Bonchev–Trinajstić information content (AvgIpc) is 2.69. The van der Waals surface area contributed by atoms with Gasteiger partial charge in [-0.1, -0.05) is 31.6 Å². The molecule has 0 aliphatic carbocycles. The standard InChI is InChI=1S/C24H26FN/c1-5-19-7-9-21(10-8-19)22-11-13-26(14-12-22)18(4)23-15-17(3)20(6-2)16-24(23)25/h1,7-10,15-16,22H,4,6,11-14H2,2-3H3. The molecular weight excluding hydrogens is 321 g/mol. The number of likely N-dealkylation sites (tertiary alicyclic amines) is 1. The summed E-state index contributed by atoms with van der Waals surface area (Å²) in [6.07, 6.45) is 8.36. The van der Waals surface area contributed by atoms with Gasteiger partial charge in [-0.05, 0) is 73.1 Å². The van der Waals surface area contributed by atoms with Crippen molar-refractivity contribution in [1.82, 2.24) is 4.90 Å². The summed E-state index contributed by atoms with van der Waals surface area (Å²) < 4.78 is 14.5. The van der Waals surface area contributed by atoms with E-state index in [1.807, 2.05) is 25.1 Å². The summed E-state index contributed by atoms with van der Waals surface area (Å²) in [6.45, 7) is 10.1. The summed E-state index contributed by atoms with van der Waals surface area (Å²) in [5.74, 6) is 3.02. The molecule has 0 atom stereocenters. The summed E-state index contributed by atoms with van der Waals surface area (Å²) in [7, 11) is 0. The van der Waals surface area contributed by atoms with Gasteiger partial charge in [-0.25, -0.2) is 4.39 Å². The SMILES string of the molecule is C#Cc1ccc(C2CCN(C(=C)c3cc(C)c(CC)cc3F)CC2)cc1. The van der Waals surface area contributed by atoms with Crippen molar-refractivity contribution in [2.75, 3.05) is 13.1 Å². The maximum atomic E-state index is 14.5. The van der Waals surface area contributed by atoms with Gasteiger partial charge in [-0.15, -0.1) is 6.42 Å². The molecule has 1 fully saturated rings. The van der Waals surface area contributed by atoms with Gasteiger partial charge in [0.25, 0.3) is 0 Å². The Morgan fingerprint density at radius 2 is 1.88 bits per heavy atom. The second-order valence-corrected chi connectivity index (χ2v) is 7.09. The van der Waals surface area contributed by atoms with E-state index < -0.39 is 0 Å². The number of halogens is 1. The van der Waals surface area contributed by atoms with Crippen LogP contribution in [0.25, 0.3) is 5.70 Å². The fourth-order valence-electron chi connectivity index (χ4n) is 3.83. The third-order valence-corrected chi connectivity index (χ3v) is 5.54. The molecule has 0 unspecified atom stereocenters. The third-order valence-electron chi connectivity index (χ3n) is 5.54. The molecule has 1 saturated heterocycles. The minimum absolute atomic E-state index is 0.163. The second-order valence-electron chi connectivity index (χ2n) is 7.09. The van der Waals surface area contributed by atoms with Crippen LogP contribution in [0.1, 0.15) is 53.5 Å². The van der Waals surface area contributed by atoms with Gasteiger partial charge in [0.05, 0.1) is 0 Å². The fraction of sp³-hybridized carbons (Fsp3) is 0.333. The van der Waals surface area contributed by atoms with E-state index in [4.69, 9.17) is 6.42 Å². The Labute approximate surface area is 156 Å². The Morgan fingerprint density at radius 1 is 1.23 bits per heavy atom. The summed E-state index contributed by atoms with van der Waals surface area (Å²) in [5.41, 5.74) is 5.89. The smallest absolute Gasteiger partial charge is 0.132 e. The maximum absolute atomic E-state index is 14.5. The van der Waals surface area contributed by atoms with Crippen LogP contribution in [0.5, 0.6) is 0 Å². The van der Waals surface area contributed by atoms with Crippen LogP contribution in [0.3, 0.4) is 0 Å². The predicted molar refractivity (Wildman–Crippen MR) is 107 cm³/mol. The molecule has 1 aliphatic rings. The molecule has 0 saturated carbocycles. The van der Waals surface area contributed by atoms with E-state index in [2.05, 4.69) is 36.5 Å². The van der Waals surface area contributed by atoms with Gasteiger partial charge in [0, 0.05) is 29.9 Å². The molecule has 134 valence electrons. The first-order valence-electron chi connectivity index (χ1n) is 9.33. The van der Waals surface area contributed by atoms with E-state index in [-0.39, 0.29) is 5.82 Å². The van der Waals surface area contributed by atoms with Crippen LogP contribution in [0.15, 0.2) is 43.0 Å². The van der Waals surface area contributed by atoms with E-state index in [0.717, 1.165) is 54.7 Å². The Hall–Kier alpha value is -2.53. The summed E-state index contributed by atoms with van der Waals surface area (Å²) >= 11 is 0. The molecule has 1 nitrogen and oxygen atoms in total. The van der Waals surface area contributed by atoms with Crippen molar-refractivity contribution < 1.29 is 4.39 Å². The van der Waals surface area contributed by atoms with Crippen LogP contribution in [-0.4, -0.2) is 18.0 Å². The number of rotatable bonds is 4. The molecule has 0 bridgehead atoms.